The van der Waals surface area contributed by atoms with Crippen molar-refractivity contribution in [3.63, 3.8) is 0 Å². The highest BCUT2D eigenvalue weighted by Gasteiger charge is 1.95. The number of hydrogen-bond acceptors (Lipinski definition) is 2. The second kappa shape index (κ2) is 4.30. The zero-order valence-electron chi connectivity index (χ0n) is 9.34. The zero-order chi connectivity index (χ0) is 12.4. The van der Waals surface area contributed by atoms with Crippen LogP contribution in [0.4, 0.5) is 4.39 Å². The molecule has 0 aliphatic carbocycles. The van der Waals surface area contributed by atoms with Gasteiger partial charge in [-0.2, -0.15) is 5.10 Å². The highest BCUT2D eigenvalue weighted by atomic mass is 19.1. The minimum absolute atomic E-state index is 0.264. The Labute approximate surface area is 103 Å². The highest BCUT2D eigenvalue weighted by molar-refractivity contribution is 5.44. The molecule has 0 spiro atoms. The van der Waals surface area contributed by atoms with Gasteiger partial charge in [0.1, 0.15) is 11.5 Å². The molecule has 0 radical (unpaired) electrons. The molecule has 18 heavy (non-hydrogen) atoms. The van der Waals surface area contributed by atoms with Gasteiger partial charge in [-0.1, -0.05) is 5.92 Å². The Hall–Kier alpha value is -2.67. The maximum Gasteiger partial charge on any atom is 0.156 e. The van der Waals surface area contributed by atoms with Crippen LogP contribution in [0.3, 0.4) is 0 Å². The molecule has 0 amide bonds. The van der Waals surface area contributed by atoms with Crippen molar-refractivity contribution in [1.82, 2.24) is 14.6 Å². The monoisotopic (exact) mass is 237 g/mol. The van der Waals surface area contributed by atoms with Crippen LogP contribution in [0.15, 0.2) is 48.8 Å². The summed E-state index contributed by atoms with van der Waals surface area (Å²) in [6, 6.07) is 9.65. The van der Waals surface area contributed by atoms with Gasteiger partial charge >= 0.3 is 0 Å². The molecular weight excluding hydrogens is 229 g/mol. The minimum Gasteiger partial charge on any atom is -0.223 e. The molecule has 0 saturated heterocycles. The summed E-state index contributed by atoms with van der Waals surface area (Å²) in [6.45, 7) is 0. The van der Waals surface area contributed by atoms with Gasteiger partial charge in [0.15, 0.2) is 5.65 Å². The van der Waals surface area contributed by atoms with Crippen molar-refractivity contribution in [2.24, 2.45) is 0 Å². The van der Waals surface area contributed by atoms with E-state index in [1.807, 2.05) is 6.07 Å². The smallest absolute Gasteiger partial charge is 0.156 e. The lowest BCUT2D eigenvalue weighted by molar-refractivity contribution is 0.627. The summed E-state index contributed by atoms with van der Waals surface area (Å²) < 4.78 is 14.4. The first-order valence-corrected chi connectivity index (χ1v) is 5.39. The van der Waals surface area contributed by atoms with Crippen LogP contribution in [0.25, 0.3) is 5.65 Å². The van der Waals surface area contributed by atoms with E-state index in [9.17, 15) is 4.39 Å². The lowest BCUT2D eigenvalue weighted by atomic mass is 10.2. The van der Waals surface area contributed by atoms with Crippen LogP contribution in [0, 0.1) is 17.7 Å². The standard InChI is InChI=1S/C14H8FN3/c15-12-4-1-11(2-5-12)3-6-13-8-10-18-14(17-13)7-9-16-18/h1-2,4-5,7-10H. The van der Waals surface area contributed by atoms with Gasteiger partial charge in [0.05, 0.1) is 6.20 Å². The number of benzene rings is 1. The van der Waals surface area contributed by atoms with Crippen LogP contribution in [-0.4, -0.2) is 14.6 Å². The van der Waals surface area contributed by atoms with Crippen LogP contribution >= 0.6 is 0 Å². The van der Waals surface area contributed by atoms with Crippen molar-refractivity contribution >= 4 is 5.65 Å². The van der Waals surface area contributed by atoms with Gasteiger partial charge in [0.2, 0.25) is 0 Å². The van der Waals surface area contributed by atoms with Crippen molar-refractivity contribution in [2.45, 2.75) is 0 Å². The number of aromatic nitrogens is 3. The van der Waals surface area contributed by atoms with Crippen molar-refractivity contribution < 1.29 is 4.39 Å². The van der Waals surface area contributed by atoms with E-state index < -0.39 is 0 Å². The van der Waals surface area contributed by atoms with Crippen LogP contribution < -0.4 is 0 Å². The van der Waals surface area contributed by atoms with Gasteiger partial charge in [-0.3, -0.25) is 0 Å². The molecule has 2 aromatic heterocycles. The van der Waals surface area contributed by atoms with Crippen molar-refractivity contribution in [1.29, 1.82) is 0 Å². The molecule has 0 saturated carbocycles. The number of fused-ring (bicyclic) bond motifs is 1. The van der Waals surface area contributed by atoms with Crippen molar-refractivity contribution in [2.75, 3.05) is 0 Å². The molecule has 0 atom stereocenters. The fraction of sp³-hybridized carbons (Fsp3) is 0. The minimum atomic E-state index is -0.264. The number of hydrogen-bond donors (Lipinski definition) is 0. The molecule has 0 N–H and O–H groups in total. The highest BCUT2D eigenvalue weighted by Crippen LogP contribution is 2.02. The number of rotatable bonds is 0. The number of halogens is 1. The van der Waals surface area contributed by atoms with E-state index in [-0.39, 0.29) is 5.82 Å². The summed E-state index contributed by atoms with van der Waals surface area (Å²) in [5.41, 5.74) is 2.17. The second-order valence-corrected chi connectivity index (χ2v) is 3.70. The fourth-order valence-electron chi connectivity index (χ4n) is 1.55. The summed E-state index contributed by atoms with van der Waals surface area (Å²) in [4.78, 5) is 4.32. The molecule has 1 aromatic carbocycles. The molecule has 2 heterocycles. The summed E-state index contributed by atoms with van der Waals surface area (Å²) in [7, 11) is 0. The zero-order valence-corrected chi connectivity index (χ0v) is 9.34. The van der Waals surface area contributed by atoms with E-state index in [0.29, 0.717) is 5.69 Å². The normalized spacial score (nSPS) is 10.1. The van der Waals surface area contributed by atoms with Gasteiger partial charge < -0.3 is 0 Å². The van der Waals surface area contributed by atoms with Crippen LogP contribution in [0.2, 0.25) is 0 Å². The third kappa shape index (κ3) is 2.06. The van der Waals surface area contributed by atoms with E-state index in [4.69, 9.17) is 0 Å². The SMILES string of the molecule is Fc1ccc(C#Cc2ccn3nccc3n2)cc1. The van der Waals surface area contributed by atoms with E-state index in [1.54, 1.807) is 35.1 Å². The topological polar surface area (TPSA) is 30.2 Å². The molecule has 0 aliphatic heterocycles. The fourth-order valence-corrected chi connectivity index (χ4v) is 1.55. The number of nitrogens with zero attached hydrogens (tertiary/aromatic N) is 3. The Morgan fingerprint density at radius 2 is 1.83 bits per heavy atom. The molecule has 3 aromatic rings. The Morgan fingerprint density at radius 1 is 1.00 bits per heavy atom. The van der Waals surface area contributed by atoms with Gasteiger partial charge in [0.25, 0.3) is 0 Å². The van der Waals surface area contributed by atoms with Crippen LogP contribution in [-0.2, 0) is 0 Å². The Morgan fingerprint density at radius 3 is 2.67 bits per heavy atom. The lowest BCUT2D eigenvalue weighted by Gasteiger charge is -1.93. The molecule has 0 bridgehead atoms. The van der Waals surface area contributed by atoms with Gasteiger partial charge in [-0.05, 0) is 36.3 Å². The molecule has 3 nitrogen and oxygen atoms in total. The maximum absolute atomic E-state index is 12.7. The third-order valence-electron chi connectivity index (χ3n) is 2.44. The average Bonchev–Trinajstić information content (AvgIpc) is 2.85. The molecular formula is C14H8FN3. The molecule has 86 valence electrons. The molecule has 0 aliphatic rings. The third-order valence-corrected chi connectivity index (χ3v) is 2.44. The summed E-state index contributed by atoms with van der Waals surface area (Å²) in [5.74, 6) is 5.61. The quantitative estimate of drug-likeness (QED) is 0.561. The van der Waals surface area contributed by atoms with E-state index in [0.717, 1.165) is 11.2 Å². The molecule has 4 heteroatoms. The lowest BCUT2D eigenvalue weighted by Crippen LogP contribution is -1.91. The van der Waals surface area contributed by atoms with Gasteiger partial charge in [0, 0.05) is 17.8 Å². The molecule has 0 fully saturated rings. The summed E-state index contributed by atoms with van der Waals surface area (Å²) >= 11 is 0. The van der Waals surface area contributed by atoms with Crippen molar-refractivity contribution in [3.8, 4) is 11.8 Å². The Bertz CT molecular complexity index is 748. The summed E-state index contributed by atoms with van der Waals surface area (Å²) in [6.07, 6.45) is 3.48. The molecule has 0 unspecified atom stereocenters. The van der Waals surface area contributed by atoms with Crippen LogP contribution in [0.5, 0.6) is 0 Å². The first-order valence-electron chi connectivity index (χ1n) is 5.39. The van der Waals surface area contributed by atoms with E-state index >= 15 is 0 Å². The first-order chi connectivity index (χ1) is 8.81. The predicted molar refractivity (Wildman–Crippen MR) is 65.4 cm³/mol. The largest absolute Gasteiger partial charge is 0.223 e. The second-order valence-electron chi connectivity index (χ2n) is 3.70. The van der Waals surface area contributed by atoms with E-state index in [2.05, 4.69) is 21.9 Å². The Kier molecular flexibility index (Phi) is 2.50. The maximum atomic E-state index is 12.7. The average molecular weight is 237 g/mol. The molecule has 3 rings (SSSR count). The summed E-state index contributed by atoms with van der Waals surface area (Å²) in [5, 5.41) is 4.05. The van der Waals surface area contributed by atoms with E-state index in [1.165, 1.54) is 12.1 Å². The van der Waals surface area contributed by atoms with Gasteiger partial charge in [-0.25, -0.2) is 13.9 Å². The van der Waals surface area contributed by atoms with Crippen molar-refractivity contribution in [3.05, 3.63) is 65.9 Å². The first kappa shape index (κ1) is 10.5. The predicted octanol–water partition coefficient (Wildman–Crippen LogP) is 2.27. The van der Waals surface area contributed by atoms with Crippen LogP contribution in [0.1, 0.15) is 11.3 Å². The van der Waals surface area contributed by atoms with Gasteiger partial charge in [-0.15, -0.1) is 0 Å². The Balaban J connectivity index is 1.94.